The van der Waals surface area contributed by atoms with Crippen LogP contribution in [0.2, 0.25) is 0 Å². The van der Waals surface area contributed by atoms with Crippen LogP contribution in [0.4, 0.5) is 17.2 Å². The molecule has 0 unspecified atom stereocenters. The van der Waals surface area contributed by atoms with Crippen molar-refractivity contribution in [3.63, 3.8) is 0 Å². The molecule has 0 saturated heterocycles. The number of aryl methyl sites for hydroxylation is 2. The van der Waals surface area contributed by atoms with Gasteiger partial charge in [0.1, 0.15) is 5.82 Å². The second-order valence-electron chi connectivity index (χ2n) is 5.57. The van der Waals surface area contributed by atoms with Gasteiger partial charge in [-0.15, -0.1) is 0 Å². The minimum absolute atomic E-state index is 0.259. The normalized spacial score (nSPS) is 10.5. The molecule has 0 fully saturated rings. The highest BCUT2D eigenvalue weighted by atomic mass is 16.1. The average molecular weight is 337 g/mol. The molecule has 4 N–H and O–H groups in total. The van der Waals surface area contributed by atoms with E-state index in [1.807, 2.05) is 13.0 Å². The third-order valence-electron chi connectivity index (χ3n) is 3.72. The van der Waals surface area contributed by atoms with Crippen LogP contribution < -0.4 is 16.4 Å². The first-order valence-electron chi connectivity index (χ1n) is 7.74. The van der Waals surface area contributed by atoms with Gasteiger partial charge in [0.05, 0.1) is 17.9 Å². The monoisotopic (exact) mass is 337 g/mol. The summed E-state index contributed by atoms with van der Waals surface area (Å²) in [7, 11) is 1.80. The van der Waals surface area contributed by atoms with Gasteiger partial charge in [0.15, 0.2) is 5.69 Å². The number of rotatable bonds is 5. The second kappa shape index (κ2) is 7.00. The molecular formula is C17H19N7O. The lowest BCUT2D eigenvalue weighted by molar-refractivity contribution is 0.102. The standard InChI is InChI=1S/C17H19N7O/c1-11-8-15(23-24(11)2)17(25)22-12-5-7-19-13(9-12)10-21-14-4-3-6-20-16(14)18/h3-9,21H,10H2,1-2H3,(H2,18,20)(H,19,22,25). The van der Waals surface area contributed by atoms with E-state index in [1.54, 1.807) is 48.4 Å². The van der Waals surface area contributed by atoms with Gasteiger partial charge in [0.2, 0.25) is 0 Å². The number of nitrogen functional groups attached to an aromatic ring is 1. The lowest BCUT2D eigenvalue weighted by atomic mass is 10.3. The molecule has 8 heteroatoms. The molecule has 0 radical (unpaired) electrons. The Labute approximate surface area is 145 Å². The summed E-state index contributed by atoms with van der Waals surface area (Å²) in [6, 6.07) is 8.92. The maximum Gasteiger partial charge on any atom is 0.276 e. The second-order valence-corrected chi connectivity index (χ2v) is 5.57. The number of anilines is 3. The van der Waals surface area contributed by atoms with Gasteiger partial charge in [0, 0.05) is 30.8 Å². The smallest absolute Gasteiger partial charge is 0.276 e. The van der Waals surface area contributed by atoms with Crippen LogP contribution in [0.15, 0.2) is 42.7 Å². The van der Waals surface area contributed by atoms with Crippen LogP contribution in [0.5, 0.6) is 0 Å². The van der Waals surface area contributed by atoms with Crippen molar-refractivity contribution in [1.29, 1.82) is 0 Å². The Bertz CT molecular complexity index is 884. The van der Waals surface area contributed by atoms with Crippen molar-refractivity contribution in [2.75, 3.05) is 16.4 Å². The first-order valence-corrected chi connectivity index (χ1v) is 7.74. The number of nitrogens with one attached hydrogen (secondary N) is 2. The van der Waals surface area contributed by atoms with Crippen LogP contribution in [0, 0.1) is 6.92 Å². The molecule has 3 rings (SSSR count). The topological polar surface area (TPSA) is 111 Å². The zero-order valence-electron chi connectivity index (χ0n) is 14.0. The predicted octanol–water partition coefficient (Wildman–Crippen LogP) is 1.97. The number of nitrogens with two attached hydrogens (primary N) is 1. The lowest BCUT2D eigenvalue weighted by Crippen LogP contribution is -2.13. The number of pyridine rings is 2. The molecule has 0 bridgehead atoms. The van der Waals surface area contributed by atoms with Gasteiger partial charge in [0.25, 0.3) is 5.91 Å². The SMILES string of the molecule is Cc1cc(C(=O)Nc2ccnc(CNc3cccnc3N)c2)nn1C. The number of carbonyl (C=O) groups excluding carboxylic acids is 1. The highest BCUT2D eigenvalue weighted by Gasteiger charge is 2.11. The first-order chi connectivity index (χ1) is 12.0. The Balaban J connectivity index is 1.67. The van der Waals surface area contributed by atoms with E-state index in [0.717, 1.165) is 17.1 Å². The molecule has 0 aliphatic carbocycles. The third kappa shape index (κ3) is 3.92. The van der Waals surface area contributed by atoms with Crippen LogP contribution in [0.3, 0.4) is 0 Å². The number of hydrogen-bond acceptors (Lipinski definition) is 6. The Morgan fingerprint density at radius 2 is 2.08 bits per heavy atom. The summed E-state index contributed by atoms with van der Waals surface area (Å²) in [5.74, 6) is 0.169. The molecule has 8 nitrogen and oxygen atoms in total. The summed E-state index contributed by atoms with van der Waals surface area (Å²) in [6.07, 6.45) is 3.27. The molecule has 3 heterocycles. The molecule has 0 aliphatic rings. The van der Waals surface area contributed by atoms with Crippen LogP contribution in [-0.4, -0.2) is 25.7 Å². The van der Waals surface area contributed by atoms with E-state index < -0.39 is 0 Å². The van der Waals surface area contributed by atoms with E-state index in [0.29, 0.717) is 23.7 Å². The van der Waals surface area contributed by atoms with Gasteiger partial charge in [-0.05, 0) is 37.3 Å². The molecule has 3 aromatic heterocycles. The summed E-state index contributed by atoms with van der Waals surface area (Å²) in [6.45, 7) is 2.35. The Morgan fingerprint density at radius 1 is 1.24 bits per heavy atom. The molecule has 0 aromatic carbocycles. The zero-order valence-corrected chi connectivity index (χ0v) is 14.0. The molecule has 0 spiro atoms. The molecule has 0 atom stereocenters. The van der Waals surface area contributed by atoms with E-state index in [9.17, 15) is 4.79 Å². The summed E-state index contributed by atoms with van der Waals surface area (Å²) in [5, 5.41) is 10.2. The van der Waals surface area contributed by atoms with E-state index in [-0.39, 0.29) is 5.91 Å². The predicted molar refractivity (Wildman–Crippen MR) is 96.1 cm³/mol. The lowest BCUT2D eigenvalue weighted by Gasteiger charge is -2.09. The van der Waals surface area contributed by atoms with Gasteiger partial charge in [-0.2, -0.15) is 5.10 Å². The van der Waals surface area contributed by atoms with Crippen molar-refractivity contribution >= 4 is 23.1 Å². The van der Waals surface area contributed by atoms with Crippen LogP contribution in [-0.2, 0) is 13.6 Å². The maximum absolute atomic E-state index is 12.3. The molecule has 128 valence electrons. The molecule has 0 aliphatic heterocycles. The summed E-state index contributed by atoms with van der Waals surface area (Å²) >= 11 is 0. The largest absolute Gasteiger partial charge is 0.382 e. The average Bonchev–Trinajstić information content (AvgIpc) is 2.94. The first kappa shape index (κ1) is 16.4. The zero-order chi connectivity index (χ0) is 17.8. The number of aromatic nitrogens is 4. The maximum atomic E-state index is 12.3. The van der Waals surface area contributed by atoms with Gasteiger partial charge >= 0.3 is 0 Å². The van der Waals surface area contributed by atoms with Crippen LogP contribution in [0.25, 0.3) is 0 Å². The van der Waals surface area contributed by atoms with Crippen molar-refractivity contribution in [2.45, 2.75) is 13.5 Å². The highest BCUT2D eigenvalue weighted by Crippen LogP contribution is 2.16. The molecule has 3 aromatic rings. The van der Waals surface area contributed by atoms with E-state index in [2.05, 4.69) is 25.7 Å². The van der Waals surface area contributed by atoms with E-state index in [4.69, 9.17) is 5.73 Å². The molecule has 0 saturated carbocycles. The van der Waals surface area contributed by atoms with E-state index in [1.165, 1.54) is 0 Å². The minimum Gasteiger partial charge on any atom is -0.382 e. The third-order valence-corrected chi connectivity index (χ3v) is 3.72. The Hall–Kier alpha value is -3.42. The molecular weight excluding hydrogens is 318 g/mol. The number of carbonyl (C=O) groups is 1. The molecule has 1 amide bonds. The summed E-state index contributed by atoms with van der Waals surface area (Å²) in [4.78, 5) is 20.6. The minimum atomic E-state index is -0.259. The fraction of sp³-hybridized carbons (Fsp3) is 0.176. The molecule has 25 heavy (non-hydrogen) atoms. The summed E-state index contributed by atoms with van der Waals surface area (Å²) < 4.78 is 1.66. The summed E-state index contributed by atoms with van der Waals surface area (Å²) in [5.41, 5.74) is 9.24. The van der Waals surface area contributed by atoms with Crippen molar-refractivity contribution < 1.29 is 4.79 Å². The van der Waals surface area contributed by atoms with Crippen LogP contribution in [0.1, 0.15) is 21.9 Å². The van der Waals surface area contributed by atoms with Crippen LogP contribution >= 0.6 is 0 Å². The number of nitrogens with zero attached hydrogens (tertiary/aromatic N) is 4. The van der Waals surface area contributed by atoms with Gasteiger partial charge in [-0.25, -0.2) is 4.98 Å². The number of hydrogen-bond donors (Lipinski definition) is 3. The van der Waals surface area contributed by atoms with Gasteiger partial charge in [-0.3, -0.25) is 14.5 Å². The highest BCUT2D eigenvalue weighted by molar-refractivity contribution is 6.02. The fourth-order valence-electron chi connectivity index (χ4n) is 2.27. The van der Waals surface area contributed by atoms with Gasteiger partial charge in [-0.1, -0.05) is 0 Å². The Morgan fingerprint density at radius 3 is 2.80 bits per heavy atom. The Kier molecular flexibility index (Phi) is 4.60. The van der Waals surface area contributed by atoms with Crippen molar-refractivity contribution in [1.82, 2.24) is 19.7 Å². The van der Waals surface area contributed by atoms with E-state index >= 15 is 0 Å². The number of amides is 1. The van der Waals surface area contributed by atoms with Gasteiger partial charge < -0.3 is 16.4 Å². The van der Waals surface area contributed by atoms with Crippen molar-refractivity contribution in [2.24, 2.45) is 7.05 Å². The fourth-order valence-corrected chi connectivity index (χ4v) is 2.27. The van der Waals surface area contributed by atoms with Crippen molar-refractivity contribution in [3.05, 3.63) is 59.8 Å². The van der Waals surface area contributed by atoms with Crippen molar-refractivity contribution in [3.8, 4) is 0 Å². The quantitative estimate of drug-likeness (QED) is 0.656.